The van der Waals surface area contributed by atoms with E-state index in [1.165, 1.54) is 6.20 Å². The number of aromatic nitrogens is 2. The Bertz CT molecular complexity index is 596. The summed E-state index contributed by atoms with van der Waals surface area (Å²) in [7, 11) is -3.22. The van der Waals surface area contributed by atoms with Crippen LogP contribution in [-0.2, 0) is 9.84 Å². The van der Waals surface area contributed by atoms with E-state index in [1.807, 2.05) is 0 Å². The summed E-state index contributed by atoms with van der Waals surface area (Å²) >= 11 is 0. The summed E-state index contributed by atoms with van der Waals surface area (Å²) in [5.74, 6) is -0.889. The van der Waals surface area contributed by atoms with Gasteiger partial charge in [0.1, 0.15) is 0 Å². The highest BCUT2D eigenvalue weighted by Gasteiger charge is 2.30. The van der Waals surface area contributed by atoms with Crippen molar-refractivity contribution in [1.82, 2.24) is 9.97 Å². The number of carbonyl (C=O) groups is 1. The fourth-order valence-electron chi connectivity index (χ4n) is 1.19. The van der Waals surface area contributed by atoms with Crippen molar-refractivity contribution in [3.8, 4) is 0 Å². The highest BCUT2D eigenvalue weighted by molar-refractivity contribution is 7.92. The maximum atomic E-state index is 11.5. The monoisotopic (exact) mass is 287 g/mol. The number of aromatic carboxylic acids is 1. The SMILES string of the molecule is Cc1nc(NCC(C)(C)S(C)(=O)=O)ncc1C(=O)O. The fraction of sp³-hybridized carbons (Fsp3) is 0.545. The van der Waals surface area contributed by atoms with E-state index in [4.69, 9.17) is 5.11 Å². The summed E-state index contributed by atoms with van der Waals surface area (Å²) in [4.78, 5) is 18.6. The Morgan fingerprint density at radius 3 is 2.47 bits per heavy atom. The van der Waals surface area contributed by atoms with Gasteiger partial charge in [-0.2, -0.15) is 0 Å². The van der Waals surface area contributed by atoms with Gasteiger partial charge in [-0.1, -0.05) is 0 Å². The quantitative estimate of drug-likeness (QED) is 0.821. The second-order valence-corrected chi connectivity index (χ2v) is 7.53. The molecule has 0 spiro atoms. The molecule has 106 valence electrons. The van der Waals surface area contributed by atoms with Crippen LogP contribution in [0.2, 0.25) is 0 Å². The fourth-order valence-corrected chi connectivity index (χ4v) is 1.52. The molecule has 1 heterocycles. The van der Waals surface area contributed by atoms with Crippen LogP contribution in [0.1, 0.15) is 29.9 Å². The Morgan fingerprint density at radius 2 is 2.05 bits per heavy atom. The molecule has 1 aromatic rings. The van der Waals surface area contributed by atoms with E-state index in [-0.39, 0.29) is 18.1 Å². The third-order valence-corrected chi connectivity index (χ3v) is 5.04. The van der Waals surface area contributed by atoms with Gasteiger partial charge in [-0.15, -0.1) is 0 Å². The first kappa shape index (κ1) is 15.4. The van der Waals surface area contributed by atoms with Crippen LogP contribution in [0.15, 0.2) is 6.20 Å². The summed E-state index contributed by atoms with van der Waals surface area (Å²) < 4.78 is 22.1. The molecule has 0 aliphatic rings. The smallest absolute Gasteiger partial charge is 0.339 e. The molecule has 1 rings (SSSR count). The van der Waals surface area contributed by atoms with Gasteiger partial charge in [0.05, 0.1) is 16.0 Å². The van der Waals surface area contributed by atoms with Gasteiger partial charge in [-0.3, -0.25) is 0 Å². The first-order chi connectivity index (χ1) is 8.54. The number of sulfone groups is 1. The number of hydrogen-bond acceptors (Lipinski definition) is 6. The minimum Gasteiger partial charge on any atom is -0.478 e. The van der Waals surface area contributed by atoms with Crippen LogP contribution in [0.4, 0.5) is 5.95 Å². The van der Waals surface area contributed by atoms with Gasteiger partial charge >= 0.3 is 5.97 Å². The van der Waals surface area contributed by atoms with E-state index in [0.717, 1.165) is 6.26 Å². The molecule has 0 amide bonds. The summed E-state index contributed by atoms with van der Waals surface area (Å²) in [5, 5.41) is 11.6. The number of anilines is 1. The van der Waals surface area contributed by atoms with Crippen LogP contribution in [0.25, 0.3) is 0 Å². The van der Waals surface area contributed by atoms with Crippen molar-refractivity contribution in [3.05, 3.63) is 17.5 Å². The van der Waals surface area contributed by atoms with Crippen molar-refractivity contribution < 1.29 is 18.3 Å². The Hall–Kier alpha value is -1.70. The van der Waals surface area contributed by atoms with E-state index in [9.17, 15) is 13.2 Å². The molecule has 0 saturated heterocycles. The lowest BCUT2D eigenvalue weighted by Crippen LogP contribution is -2.38. The zero-order valence-corrected chi connectivity index (χ0v) is 12.1. The van der Waals surface area contributed by atoms with E-state index in [1.54, 1.807) is 20.8 Å². The maximum Gasteiger partial charge on any atom is 0.339 e. The molecule has 0 atom stereocenters. The number of hydrogen-bond donors (Lipinski definition) is 2. The van der Waals surface area contributed by atoms with Crippen LogP contribution >= 0.6 is 0 Å². The number of aryl methyl sites for hydroxylation is 1. The van der Waals surface area contributed by atoms with E-state index in [2.05, 4.69) is 15.3 Å². The van der Waals surface area contributed by atoms with Crippen LogP contribution in [0.5, 0.6) is 0 Å². The molecule has 0 fully saturated rings. The van der Waals surface area contributed by atoms with E-state index < -0.39 is 20.6 Å². The van der Waals surface area contributed by atoms with Gasteiger partial charge in [0, 0.05) is 19.0 Å². The van der Waals surface area contributed by atoms with Gasteiger partial charge in [0.15, 0.2) is 9.84 Å². The summed E-state index contributed by atoms with van der Waals surface area (Å²) in [5.41, 5.74) is 0.343. The molecular formula is C11H17N3O4S. The van der Waals surface area contributed by atoms with Crippen LogP contribution < -0.4 is 5.32 Å². The number of carboxylic acids is 1. The summed E-state index contributed by atoms with van der Waals surface area (Å²) in [6.07, 6.45) is 2.36. The molecule has 7 nitrogen and oxygen atoms in total. The van der Waals surface area contributed by atoms with Crippen molar-refractivity contribution >= 4 is 21.8 Å². The first-order valence-corrected chi connectivity index (χ1v) is 7.44. The molecule has 0 aliphatic carbocycles. The standard InChI is InChI=1S/C11H17N3O4S/c1-7-8(9(15)16)5-12-10(14-7)13-6-11(2,3)19(4,17)18/h5H,6H2,1-4H3,(H,15,16)(H,12,13,14). The van der Waals surface area contributed by atoms with Crippen molar-refractivity contribution in [2.24, 2.45) is 0 Å². The lowest BCUT2D eigenvalue weighted by Gasteiger charge is -2.22. The highest BCUT2D eigenvalue weighted by Crippen LogP contribution is 2.16. The molecule has 0 bridgehead atoms. The Kier molecular flexibility index (Phi) is 4.14. The minimum absolute atomic E-state index is 0.0212. The lowest BCUT2D eigenvalue weighted by atomic mass is 10.2. The second kappa shape index (κ2) is 5.12. The normalized spacial score (nSPS) is 12.2. The molecule has 19 heavy (non-hydrogen) atoms. The van der Waals surface area contributed by atoms with Gasteiger partial charge in [-0.25, -0.2) is 23.2 Å². The summed E-state index contributed by atoms with van der Waals surface area (Å²) in [6, 6.07) is 0. The van der Waals surface area contributed by atoms with Crippen molar-refractivity contribution in [2.75, 3.05) is 18.1 Å². The average molecular weight is 287 g/mol. The molecule has 0 unspecified atom stereocenters. The molecule has 0 aromatic carbocycles. The number of nitrogens with one attached hydrogen (secondary N) is 1. The second-order valence-electron chi connectivity index (χ2n) is 4.88. The molecule has 2 N–H and O–H groups in total. The molecule has 1 aromatic heterocycles. The van der Waals surface area contributed by atoms with E-state index >= 15 is 0 Å². The minimum atomic E-state index is -3.22. The number of rotatable bonds is 5. The lowest BCUT2D eigenvalue weighted by molar-refractivity contribution is 0.0695. The Balaban J connectivity index is 2.86. The zero-order valence-electron chi connectivity index (χ0n) is 11.3. The van der Waals surface area contributed by atoms with Crippen molar-refractivity contribution in [2.45, 2.75) is 25.5 Å². The topological polar surface area (TPSA) is 109 Å². The average Bonchev–Trinajstić information content (AvgIpc) is 2.24. The van der Waals surface area contributed by atoms with Gasteiger partial charge < -0.3 is 10.4 Å². The maximum absolute atomic E-state index is 11.5. The predicted molar refractivity (Wildman–Crippen MR) is 71.1 cm³/mol. The molecule has 0 saturated carbocycles. The first-order valence-electron chi connectivity index (χ1n) is 5.55. The predicted octanol–water partition coefficient (Wildman–Crippen LogP) is 0.718. The van der Waals surface area contributed by atoms with Crippen LogP contribution in [-0.4, -0.2) is 47.0 Å². The van der Waals surface area contributed by atoms with Gasteiger partial charge in [-0.05, 0) is 20.8 Å². The van der Waals surface area contributed by atoms with Crippen LogP contribution in [0, 0.1) is 6.92 Å². The van der Waals surface area contributed by atoms with Gasteiger partial charge in [0.2, 0.25) is 5.95 Å². The Labute approximate surface area is 112 Å². The summed E-state index contributed by atoms with van der Waals surface area (Å²) in [6.45, 7) is 4.87. The molecule has 0 radical (unpaired) electrons. The highest BCUT2D eigenvalue weighted by atomic mass is 32.2. The zero-order chi connectivity index (χ0) is 14.8. The third kappa shape index (κ3) is 3.63. The molecule has 8 heteroatoms. The largest absolute Gasteiger partial charge is 0.478 e. The van der Waals surface area contributed by atoms with Crippen molar-refractivity contribution in [3.63, 3.8) is 0 Å². The van der Waals surface area contributed by atoms with Crippen molar-refractivity contribution in [1.29, 1.82) is 0 Å². The third-order valence-electron chi connectivity index (χ3n) is 2.89. The molecule has 0 aliphatic heterocycles. The molecular weight excluding hydrogens is 270 g/mol. The van der Waals surface area contributed by atoms with Crippen LogP contribution in [0.3, 0.4) is 0 Å². The van der Waals surface area contributed by atoms with Gasteiger partial charge in [0.25, 0.3) is 0 Å². The number of carboxylic acid groups (broad SMARTS) is 1. The van der Waals surface area contributed by atoms with E-state index in [0.29, 0.717) is 5.69 Å². The Morgan fingerprint density at radius 1 is 1.47 bits per heavy atom. The number of nitrogens with zero attached hydrogens (tertiary/aromatic N) is 2.